The van der Waals surface area contributed by atoms with Gasteiger partial charge in [0, 0.05) is 6.92 Å². The van der Waals surface area contributed by atoms with Gasteiger partial charge in [0.2, 0.25) is 5.91 Å². The first kappa shape index (κ1) is 13.8. The molecule has 108 valence electrons. The van der Waals surface area contributed by atoms with Crippen molar-refractivity contribution in [3.8, 4) is 0 Å². The number of aryl methyl sites for hydroxylation is 1. The molecule has 2 N–H and O–H groups in total. The molecule has 1 aliphatic carbocycles. The molecule has 3 rings (SSSR count). The predicted molar refractivity (Wildman–Crippen MR) is 83.6 cm³/mol. The molecule has 0 bridgehead atoms. The Kier molecular flexibility index (Phi) is 3.75. The second kappa shape index (κ2) is 5.69. The zero-order valence-corrected chi connectivity index (χ0v) is 12.5. The lowest BCUT2D eigenvalue weighted by Gasteiger charge is -2.13. The van der Waals surface area contributed by atoms with Gasteiger partial charge in [0.15, 0.2) is 0 Å². The first-order valence-corrected chi connectivity index (χ1v) is 7.71. The SMILES string of the molecule is CC(=O)Nc1ccc(C(=O)N[C@@H]2CCc3ccccc32)s1. The second-order valence-corrected chi connectivity index (χ2v) is 6.19. The maximum Gasteiger partial charge on any atom is 0.261 e. The molecule has 2 aromatic rings. The molecule has 2 amide bonds. The summed E-state index contributed by atoms with van der Waals surface area (Å²) in [6.07, 6.45) is 1.94. The van der Waals surface area contributed by atoms with Gasteiger partial charge in [0.1, 0.15) is 0 Å². The standard InChI is InChI=1S/C16H16N2O2S/c1-10(19)17-15-9-8-14(21-15)16(20)18-13-7-6-11-4-2-3-5-12(11)13/h2-5,8-9,13H,6-7H2,1H3,(H,17,19)(H,18,20)/t13-/m1/s1. The van der Waals surface area contributed by atoms with E-state index in [0.717, 1.165) is 12.8 Å². The molecule has 4 nitrogen and oxygen atoms in total. The number of rotatable bonds is 3. The summed E-state index contributed by atoms with van der Waals surface area (Å²) in [6, 6.07) is 11.8. The van der Waals surface area contributed by atoms with Gasteiger partial charge in [-0.15, -0.1) is 11.3 Å². The number of hydrogen-bond acceptors (Lipinski definition) is 3. The molecule has 1 aromatic carbocycles. The summed E-state index contributed by atoms with van der Waals surface area (Å²) in [7, 11) is 0. The maximum atomic E-state index is 12.3. The van der Waals surface area contributed by atoms with Crippen LogP contribution in [-0.2, 0) is 11.2 Å². The summed E-state index contributed by atoms with van der Waals surface area (Å²) in [4.78, 5) is 23.9. The van der Waals surface area contributed by atoms with Crippen LogP contribution in [0, 0.1) is 0 Å². The van der Waals surface area contributed by atoms with Crippen LogP contribution in [0.2, 0.25) is 0 Å². The molecular formula is C16H16N2O2S. The van der Waals surface area contributed by atoms with Gasteiger partial charge in [0.05, 0.1) is 15.9 Å². The van der Waals surface area contributed by atoms with Gasteiger partial charge < -0.3 is 10.6 Å². The molecule has 5 heteroatoms. The molecule has 1 heterocycles. The zero-order chi connectivity index (χ0) is 14.8. The number of nitrogens with one attached hydrogen (secondary N) is 2. The largest absolute Gasteiger partial charge is 0.345 e. The number of amides is 2. The van der Waals surface area contributed by atoms with E-state index in [4.69, 9.17) is 0 Å². The minimum Gasteiger partial charge on any atom is -0.345 e. The van der Waals surface area contributed by atoms with E-state index in [1.807, 2.05) is 12.1 Å². The van der Waals surface area contributed by atoms with Crippen molar-refractivity contribution in [2.45, 2.75) is 25.8 Å². The molecule has 1 atom stereocenters. The molecule has 0 aliphatic heterocycles. The van der Waals surface area contributed by atoms with Crippen molar-refractivity contribution in [3.63, 3.8) is 0 Å². The second-order valence-electron chi connectivity index (χ2n) is 5.11. The number of thiophene rings is 1. The van der Waals surface area contributed by atoms with Crippen LogP contribution in [0.4, 0.5) is 5.00 Å². The molecule has 0 spiro atoms. The van der Waals surface area contributed by atoms with Gasteiger partial charge in [-0.1, -0.05) is 24.3 Å². The van der Waals surface area contributed by atoms with Gasteiger partial charge in [-0.2, -0.15) is 0 Å². The third kappa shape index (κ3) is 2.97. The highest BCUT2D eigenvalue weighted by molar-refractivity contribution is 7.18. The summed E-state index contributed by atoms with van der Waals surface area (Å²) in [5.41, 5.74) is 2.53. The molecular weight excluding hydrogens is 284 g/mol. The van der Waals surface area contributed by atoms with Gasteiger partial charge in [-0.05, 0) is 36.1 Å². The van der Waals surface area contributed by atoms with E-state index in [1.165, 1.54) is 29.4 Å². The Bertz CT molecular complexity index is 693. The van der Waals surface area contributed by atoms with E-state index in [0.29, 0.717) is 9.88 Å². The van der Waals surface area contributed by atoms with Crippen molar-refractivity contribution in [3.05, 3.63) is 52.4 Å². The first-order valence-electron chi connectivity index (χ1n) is 6.89. The number of hydrogen-bond donors (Lipinski definition) is 2. The Labute approximate surface area is 127 Å². The van der Waals surface area contributed by atoms with Crippen molar-refractivity contribution < 1.29 is 9.59 Å². The summed E-state index contributed by atoms with van der Waals surface area (Å²) < 4.78 is 0. The Morgan fingerprint density at radius 2 is 2.00 bits per heavy atom. The van der Waals surface area contributed by atoms with E-state index in [-0.39, 0.29) is 17.9 Å². The van der Waals surface area contributed by atoms with Crippen molar-refractivity contribution >= 4 is 28.2 Å². The highest BCUT2D eigenvalue weighted by atomic mass is 32.1. The van der Waals surface area contributed by atoms with Crippen molar-refractivity contribution in [2.75, 3.05) is 5.32 Å². The fraction of sp³-hybridized carbons (Fsp3) is 0.250. The lowest BCUT2D eigenvalue weighted by Crippen LogP contribution is -2.26. The van der Waals surface area contributed by atoms with Crippen LogP contribution in [0.3, 0.4) is 0 Å². The molecule has 21 heavy (non-hydrogen) atoms. The van der Waals surface area contributed by atoms with Crippen LogP contribution in [0.1, 0.15) is 40.2 Å². The van der Waals surface area contributed by atoms with Gasteiger partial charge in [-0.25, -0.2) is 0 Å². The Hall–Kier alpha value is -2.14. The van der Waals surface area contributed by atoms with Crippen LogP contribution in [0.15, 0.2) is 36.4 Å². The number of benzene rings is 1. The molecule has 0 unspecified atom stereocenters. The van der Waals surface area contributed by atoms with Gasteiger partial charge in [0.25, 0.3) is 5.91 Å². The molecule has 0 saturated carbocycles. The van der Waals surface area contributed by atoms with Crippen molar-refractivity contribution in [1.29, 1.82) is 0 Å². The van der Waals surface area contributed by atoms with E-state index >= 15 is 0 Å². The van der Waals surface area contributed by atoms with Gasteiger partial charge >= 0.3 is 0 Å². The fourth-order valence-electron chi connectivity index (χ4n) is 2.64. The Morgan fingerprint density at radius 3 is 2.81 bits per heavy atom. The van der Waals surface area contributed by atoms with Crippen LogP contribution < -0.4 is 10.6 Å². The minimum atomic E-state index is -0.131. The average molecular weight is 300 g/mol. The molecule has 1 aromatic heterocycles. The minimum absolute atomic E-state index is 0.0833. The van der Waals surface area contributed by atoms with E-state index in [1.54, 1.807) is 12.1 Å². The topological polar surface area (TPSA) is 58.2 Å². The van der Waals surface area contributed by atoms with Crippen molar-refractivity contribution in [2.24, 2.45) is 0 Å². The van der Waals surface area contributed by atoms with Crippen LogP contribution in [0.5, 0.6) is 0 Å². The smallest absolute Gasteiger partial charge is 0.261 e. The third-order valence-corrected chi connectivity index (χ3v) is 4.57. The van der Waals surface area contributed by atoms with Crippen LogP contribution >= 0.6 is 11.3 Å². The van der Waals surface area contributed by atoms with Crippen LogP contribution in [-0.4, -0.2) is 11.8 Å². The number of carbonyl (C=O) groups is 2. The quantitative estimate of drug-likeness (QED) is 0.915. The number of anilines is 1. The zero-order valence-electron chi connectivity index (χ0n) is 11.7. The Balaban J connectivity index is 1.70. The van der Waals surface area contributed by atoms with E-state index in [2.05, 4.69) is 22.8 Å². The predicted octanol–water partition coefficient (Wildman–Crippen LogP) is 3.12. The molecule has 0 fully saturated rings. The molecule has 1 aliphatic rings. The highest BCUT2D eigenvalue weighted by Crippen LogP contribution is 2.31. The lowest BCUT2D eigenvalue weighted by molar-refractivity contribution is -0.114. The molecule has 0 radical (unpaired) electrons. The number of carbonyl (C=O) groups excluding carboxylic acids is 2. The monoisotopic (exact) mass is 300 g/mol. The third-order valence-electron chi connectivity index (χ3n) is 3.57. The summed E-state index contributed by atoms with van der Waals surface area (Å²) in [5.74, 6) is -0.216. The van der Waals surface area contributed by atoms with Crippen molar-refractivity contribution in [1.82, 2.24) is 5.32 Å². The van der Waals surface area contributed by atoms with E-state index in [9.17, 15) is 9.59 Å². The normalized spacial score (nSPS) is 16.3. The highest BCUT2D eigenvalue weighted by Gasteiger charge is 2.24. The first-order chi connectivity index (χ1) is 10.1. The summed E-state index contributed by atoms with van der Waals surface area (Å²) >= 11 is 1.29. The van der Waals surface area contributed by atoms with E-state index < -0.39 is 0 Å². The maximum absolute atomic E-state index is 12.3. The number of fused-ring (bicyclic) bond motifs is 1. The van der Waals surface area contributed by atoms with Gasteiger partial charge in [-0.3, -0.25) is 9.59 Å². The van der Waals surface area contributed by atoms with Crippen LogP contribution in [0.25, 0.3) is 0 Å². The fourth-order valence-corrected chi connectivity index (χ4v) is 3.49. The summed E-state index contributed by atoms with van der Waals surface area (Å²) in [5, 5.41) is 6.46. The Morgan fingerprint density at radius 1 is 1.19 bits per heavy atom. The summed E-state index contributed by atoms with van der Waals surface area (Å²) in [6.45, 7) is 1.45. The molecule has 0 saturated heterocycles. The lowest BCUT2D eigenvalue weighted by atomic mass is 10.1. The average Bonchev–Trinajstić information content (AvgIpc) is 3.06.